The molecule has 1 aliphatic heterocycles. The first-order chi connectivity index (χ1) is 13.8. The zero-order valence-corrected chi connectivity index (χ0v) is 19.8. The first kappa shape index (κ1) is 23.5. The summed E-state index contributed by atoms with van der Waals surface area (Å²) in [5.41, 5.74) is 1.33. The van der Waals surface area contributed by atoms with Gasteiger partial charge in [-0.2, -0.15) is 5.10 Å². The molecule has 1 aliphatic rings. The first-order valence-electron chi connectivity index (χ1n) is 10.2. The van der Waals surface area contributed by atoms with Gasteiger partial charge in [0, 0.05) is 77.0 Å². The third kappa shape index (κ3) is 7.50. The fourth-order valence-corrected chi connectivity index (χ4v) is 3.53. The minimum Gasteiger partial charge on any atom is -0.369 e. The second kappa shape index (κ2) is 12.7. The Morgan fingerprint density at radius 1 is 1.10 bits per heavy atom. The fraction of sp³-hybridized carbons (Fsp3) is 0.524. The number of rotatable bonds is 8. The number of piperazine rings is 1. The van der Waals surface area contributed by atoms with Crippen molar-refractivity contribution in [1.82, 2.24) is 25.3 Å². The molecule has 2 N–H and O–H groups in total. The van der Waals surface area contributed by atoms with Crippen molar-refractivity contribution in [1.29, 1.82) is 0 Å². The molecule has 0 bridgehead atoms. The second-order valence-corrected chi connectivity index (χ2v) is 7.21. The molecule has 2 aromatic rings. The molecule has 0 amide bonds. The van der Waals surface area contributed by atoms with Crippen molar-refractivity contribution in [3.05, 3.63) is 48.8 Å². The number of aryl methyl sites for hydroxylation is 1. The van der Waals surface area contributed by atoms with E-state index in [0.717, 1.165) is 58.2 Å². The smallest absolute Gasteiger partial charge is 0.191 e. The molecule has 1 fully saturated rings. The molecule has 3 rings (SSSR count). The average Bonchev–Trinajstić information content (AvgIpc) is 3.27. The number of halogens is 1. The number of nitrogens with one attached hydrogen (secondary N) is 2. The average molecular weight is 511 g/mol. The number of nitrogens with zero attached hydrogens (tertiary/aromatic N) is 5. The summed E-state index contributed by atoms with van der Waals surface area (Å²) in [4.78, 5) is 9.36. The van der Waals surface area contributed by atoms with Crippen LogP contribution in [0.3, 0.4) is 0 Å². The summed E-state index contributed by atoms with van der Waals surface area (Å²) in [7, 11) is 1.83. The third-order valence-electron chi connectivity index (χ3n) is 5.26. The van der Waals surface area contributed by atoms with E-state index < -0.39 is 0 Å². The van der Waals surface area contributed by atoms with Gasteiger partial charge < -0.3 is 15.5 Å². The highest BCUT2D eigenvalue weighted by Gasteiger charge is 2.21. The van der Waals surface area contributed by atoms with Gasteiger partial charge in [0.15, 0.2) is 5.96 Å². The standard InChI is InChI=1S/C21H33N7.HI/c1-19(26-14-16-27(17-15-26)20-8-4-3-5-9-20)18-24-21(22-2)23-10-6-12-28-13-7-11-25-28;/h3-5,7-9,11,13,19H,6,10,12,14-18H2,1-2H3,(H2,22,23,24);1H. The Kier molecular flexibility index (Phi) is 10.3. The van der Waals surface area contributed by atoms with Crippen LogP contribution in [0.15, 0.2) is 53.8 Å². The first-order valence-corrected chi connectivity index (χ1v) is 10.2. The molecular weight excluding hydrogens is 477 g/mol. The predicted octanol–water partition coefficient (Wildman–Crippen LogP) is 2.27. The van der Waals surface area contributed by atoms with Gasteiger partial charge in [0.25, 0.3) is 0 Å². The van der Waals surface area contributed by atoms with Crippen molar-refractivity contribution in [3.63, 3.8) is 0 Å². The van der Waals surface area contributed by atoms with Crippen LogP contribution in [0.2, 0.25) is 0 Å². The SMILES string of the molecule is CN=C(NCCCn1cccn1)NCC(C)N1CCN(c2ccccc2)CC1.I. The summed E-state index contributed by atoms with van der Waals surface area (Å²) in [6.07, 6.45) is 4.82. The molecule has 1 unspecified atom stereocenters. The number of hydrogen-bond donors (Lipinski definition) is 2. The molecule has 0 aliphatic carbocycles. The van der Waals surface area contributed by atoms with E-state index in [0.29, 0.717) is 6.04 Å². The van der Waals surface area contributed by atoms with Gasteiger partial charge in [-0.05, 0) is 31.5 Å². The Morgan fingerprint density at radius 2 is 1.86 bits per heavy atom. The highest BCUT2D eigenvalue weighted by Crippen LogP contribution is 2.16. The molecule has 160 valence electrons. The highest BCUT2D eigenvalue weighted by molar-refractivity contribution is 14.0. The predicted molar refractivity (Wildman–Crippen MR) is 131 cm³/mol. The van der Waals surface area contributed by atoms with E-state index in [1.807, 2.05) is 30.2 Å². The van der Waals surface area contributed by atoms with Crippen LogP contribution in [0.1, 0.15) is 13.3 Å². The lowest BCUT2D eigenvalue weighted by atomic mass is 10.2. The summed E-state index contributed by atoms with van der Waals surface area (Å²) >= 11 is 0. The van der Waals surface area contributed by atoms with Crippen molar-refractivity contribution in [2.45, 2.75) is 25.9 Å². The van der Waals surface area contributed by atoms with Crippen LogP contribution in [0.4, 0.5) is 5.69 Å². The molecule has 0 spiro atoms. The van der Waals surface area contributed by atoms with Crippen LogP contribution in [0, 0.1) is 0 Å². The van der Waals surface area contributed by atoms with Gasteiger partial charge in [-0.3, -0.25) is 14.6 Å². The van der Waals surface area contributed by atoms with Gasteiger partial charge in [-0.1, -0.05) is 18.2 Å². The van der Waals surface area contributed by atoms with E-state index in [1.54, 1.807) is 0 Å². The molecular formula is C21H34IN7. The van der Waals surface area contributed by atoms with Gasteiger partial charge in [-0.25, -0.2) is 0 Å². The van der Waals surface area contributed by atoms with Crippen molar-refractivity contribution >= 4 is 35.6 Å². The quantitative estimate of drug-likeness (QED) is 0.247. The molecule has 1 atom stereocenters. The molecule has 1 aromatic carbocycles. The van der Waals surface area contributed by atoms with Crippen LogP contribution in [0.5, 0.6) is 0 Å². The lowest BCUT2D eigenvalue weighted by Crippen LogP contribution is -2.53. The summed E-state index contributed by atoms with van der Waals surface area (Å²) in [6.45, 7) is 9.31. The van der Waals surface area contributed by atoms with E-state index in [9.17, 15) is 0 Å². The van der Waals surface area contributed by atoms with E-state index >= 15 is 0 Å². The minimum atomic E-state index is 0. The second-order valence-electron chi connectivity index (χ2n) is 7.21. The molecule has 1 saturated heterocycles. The molecule has 29 heavy (non-hydrogen) atoms. The summed E-state index contributed by atoms with van der Waals surface area (Å²) < 4.78 is 1.95. The van der Waals surface area contributed by atoms with Gasteiger partial charge in [-0.15, -0.1) is 24.0 Å². The van der Waals surface area contributed by atoms with Gasteiger partial charge in [0.2, 0.25) is 0 Å². The van der Waals surface area contributed by atoms with Crippen molar-refractivity contribution in [3.8, 4) is 0 Å². The molecule has 2 heterocycles. The Hall–Kier alpha value is -1.81. The topological polar surface area (TPSA) is 60.7 Å². The number of hydrogen-bond acceptors (Lipinski definition) is 4. The van der Waals surface area contributed by atoms with Crippen LogP contribution >= 0.6 is 24.0 Å². The van der Waals surface area contributed by atoms with Crippen LogP contribution < -0.4 is 15.5 Å². The zero-order valence-electron chi connectivity index (χ0n) is 17.5. The fourth-order valence-electron chi connectivity index (χ4n) is 3.53. The van der Waals surface area contributed by atoms with E-state index in [4.69, 9.17) is 0 Å². The number of para-hydroxylation sites is 1. The number of anilines is 1. The molecule has 0 saturated carbocycles. The zero-order chi connectivity index (χ0) is 19.6. The number of guanidine groups is 1. The third-order valence-corrected chi connectivity index (χ3v) is 5.26. The lowest BCUT2D eigenvalue weighted by Gasteiger charge is -2.39. The molecule has 0 radical (unpaired) electrons. The number of aliphatic imine (C=N–C) groups is 1. The number of aromatic nitrogens is 2. The van der Waals surface area contributed by atoms with Crippen molar-refractivity contribution < 1.29 is 0 Å². The van der Waals surface area contributed by atoms with Crippen LogP contribution in [-0.4, -0.2) is 73.0 Å². The van der Waals surface area contributed by atoms with Crippen molar-refractivity contribution in [2.75, 3.05) is 51.2 Å². The Balaban J connectivity index is 0.00000300. The molecule has 8 heteroatoms. The lowest BCUT2D eigenvalue weighted by molar-refractivity contribution is 0.197. The largest absolute Gasteiger partial charge is 0.369 e. The summed E-state index contributed by atoms with van der Waals surface area (Å²) in [5, 5.41) is 11.1. The van der Waals surface area contributed by atoms with Gasteiger partial charge in [0.1, 0.15) is 0 Å². The number of benzene rings is 1. The maximum Gasteiger partial charge on any atom is 0.191 e. The van der Waals surface area contributed by atoms with E-state index in [-0.39, 0.29) is 24.0 Å². The maximum atomic E-state index is 4.34. The Bertz CT molecular complexity index is 697. The normalized spacial score (nSPS) is 16.2. The van der Waals surface area contributed by atoms with E-state index in [2.05, 4.69) is 67.8 Å². The summed E-state index contributed by atoms with van der Waals surface area (Å²) in [6, 6.07) is 13.1. The van der Waals surface area contributed by atoms with Gasteiger partial charge in [0.05, 0.1) is 0 Å². The van der Waals surface area contributed by atoms with Crippen LogP contribution in [0.25, 0.3) is 0 Å². The maximum absolute atomic E-state index is 4.34. The molecule has 1 aromatic heterocycles. The Labute approximate surface area is 191 Å². The van der Waals surface area contributed by atoms with Crippen LogP contribution in [-0.2, 0) is 6.54 Å². The highest BCUT2D eigenvalue weighted by atomic mass is 127. The molecule has 7 nitrogen and oxygen atoms in total. The minimum absolute atomic E-state index is 0. The monoisotopic (exact) mass is 511 g/mol. The van der Waals surface area contributed by atoms with E-state index in [1.165, 1.54) is 5.69 Å². The Morgan fingerprint density at radius 3 is 2.52 bits per heavy atom. The van der Waals surface area contributed by atoms with Gasteiger partial charge >= 0.3 is 0 Å². The summed E-state index contributed by atoms with van der Waals surface area (Å²) in [5.74, 6) is 0.871. The van der Waals surface area contributed by atoms with Crippen molar-refractivity contribution in [2.24, 2.45) is 4.99 Å².